The van der Waals surface area contributed by atoms with E-state index in [9.17, 15) is 4.79 Å². The van der Waals surface area contributed by atoms with E-state index < -0.39 is 6.10 Å². The summed E-state index contributed by atoms with van der Waals surface area (Å²) in [6.07, 6.45) is 6.86. The van der Waals surface area contributed by atoms with Crippen LogP contribution in [0.15, 0.2) is 0 Å². The Kier molecular flexibility index (Phi) is 7.33. The standard InChI is InChI=1S/C18H35NO3/c1-7-9-10-12-15(16(20)21-8-2)22-19-17(3,4)13-11-14-18(19,5)6/h15H,7-14H2,1-6H3. The SMILES string of the molecule is CCCCCC(ON1C(C)(C)CCCC1(C)C)C(=O)OCC. The van der Waals surface area contributed by atoms with E-state index in [0.717, 1.165) is 38.5 Å². The number of unbranched alkanes of at least 4 members (excludes halogenated alkanes) is 2. The van der Waals surface area contributed by atoms with Crippen LogP contribution < -0.4 is 0 Å². The van der Waals surface area contributed by atoms with Gasteiger partial charge in [0.25, 0.3) is 0 Å². The predicted octanol–water partition coefficient (Wildman–Crippen LogP) is 4.47. The molecule has 0 saturated carbocycles. The number of ether oxygens (including phenoxy) is 1. The highest BCUT2D eigenvalue weighted by molar-refractivity contribution is 5.74. The van der Waals surface area contributed by atoms with Crippen LogP contribution in [0.5, 0.6) is 0 Å². The molecule has 4 heteroatoms. The predicted molar refractivity (Wildman–Crippen MR) is 89.5 cm³/mol. The highest BCUT2D eigenvalue weighted by Gasteiger charge is 2.44. The largest absolute Gasteiger partial charge is 0.464 e. The molecular weight excluding hydrogens is 278 g/mol. The van der Waals surface area contributed by atoms with Crippen molar-refractivity contribution in [2.24, 2.45) is 0 Å². The first-order valence-electron chi connectivity index (χ1n) is 8.88. The van der Waals surface area contributed by atoms with Crippen LogP contribution in [-0.2, 0) is 14.4 Å². The highest BCUT2D eigenvalue weighted by atomic mass is 16.7. The van der Waals surface area contributed by atoms with Crippen molar-refractivity contribution in [1.82, 2.24) is 5.06 Å². The van der Waals surface area contributed by atoms with Gasteiger partial charge in [-0.2, -0.15) is 5.06 Å². The van der Waals surface area contributed by atoms with Crippen LogP contribution in [0.1, 0.15) is 86.5 Å². The average molecular weight is 313 g/mol. The molecule has 22 heavy (non-hydrogen) atoms. The molecule has 0 aromatic carbocycles. The summed E-state index contributed by atoms with van der Waals surface area (Å²) in [7, 11) is 0. The fourth-order valence-corrected chi connectivity index (χ4v) is 3.42. The third-order valence-corrected chi connectivity index (χ3v) is 4.53. The van der Waals surface area contributed by atoms with Crippen molar-refractivity contribution in [3.8, 4) is 0 Å². The summed E-state index contributed by atoms with van der Waals surface area (Å²) in [4.78, 5) is 18.5. The van der Waals surface area contributed by atoms with Gasteiger partial charge in [0.1, 0.15) is 0 Å². The van der Waals surface area contributed by atoms with Gasteiger partial charge in [0.05, 0.1) is 6.61 Å². The topological polar surface area (TPSA) is 38.8 Å². The van der Waals surface area contributed by atoms with Crippen LogP contribution in [0, 0.1) is 0 Å². The second-order valence-corrected chi connectivity index (χ2v) is 7.61. The summed E-state index contributed by atoms with van der Waals surface area (Å²) in [5.74, 6) is -0.226. The molecule has 0 aliphatic carbocycles. The number of rotatable bonds is 8. The quantitative estimate of drug-likeness (QED) is 0.489. The molecule has 0 N–H and O–H groups in total. The lowest BCUT2D eigenvalue weighted by atomic mass is 9.82. The van der Waals surface area contributed by atoms with E-state index >= 15 is 0 Å². The molecule has 0 amide bonds. The Morgan fingerprint density at radius 1 is 1.09 bits per heavy atom. The van der Waals surface area contributed by atoms with Gasteiger partial charge in [-0.05, 0) is 60.3 Å². The molecule has 0 radical (unpaired) electrons. The summed E-state index contributed by atoms with van der Waals surface area (Å²) in [5.41, 5.74) is -0.117. The number of hydroxylamine groups is 2. The molecule has 0 spiro atoms. The Labute approximate surface area is 136 Å². The second-order valence-electron chi connectivity index (χ2n) is 7.61. The number of hydrogen-bond donors (Lipinski definition) is 0. The van der Waals surface area contributed by atoms with Gasteiger partial charge in [0.15, 0.2) is 6.10 Å². The highest BCUT2D eigenvalue weighted by Crippen LogP contribution is 2.39. The van der Waals surface area contributed by atoms with Crippen LogP contribution in [0.3, 0.4) is 0 Å². The molecule has 130 valence electrons. The zero-order valence-corrected chi connectivity index (χ0v) is 15.4. The summed E-state index contributed by atoms with van der Waals surface area (Å²) in [5, 5.41) is 2.07. The molecule has 0 bridgehead atoms. The monoisotopic (exact) mass is 313 g/mol. The van der Waals surface area contributed by atoms with Gasteiger partial charge in [-0.25, -0.2) is 4.79 Å². The number of carbonyl (C=O) groups excluding carboxylic acids is 1. The van der Waals surface area contributed by atoms with E-state index in [0.29, 0.717) is 6.61 Å². The molecule has 0 aromatic heterocycles. The third kappa shape index (κ3) is 5.24. The number of piperidine rings is 1. The maximum atomic E-state index is 12.3. The third-order valence-electron chi connectivity index (χ3n) is 4.53. The Bertz CT molecular complexity index is 336. The molecule has 1 fully saturated rings. The van der Waals surface area contributed by atoms with E-state index in [1.165, 1.54) is 6.42 Å². The minimum atomic E-state index is -0.483. The molecule has 1 aliphatic rings. The summed E-state index contributed by atoms with van der Waals surface area (Å²) in [6, 6.07) is 0. The molecule has 1 heterocycles. The summed E-state index contributed by atoms with van der Waals surface area (Å²) >= 11 is 0. The van der Waals surface area contributed by atoms with Crippen molar-refractivity contribution in [1.29, 1.82) is 0 Å². The van der Waals surface area contributed by atoms with Gasteiger partial charge in [-0.15, -0.1) is 0 Å². The van der Waals surface area contributed by atoms with Crippen LogP contribution in [0.4, 0.5) is 0 Å². The molecular formula is C18H35NO3. The van der Waals surface area contributed by atoms with E-state index in [1.54, 1.807) is 0 Å². The lowest BCUT2D eigenvalue weighted by molar-refractivity contribution is -0.303. The van der Waals surface area contributed by atoms with Crippen molar-refractivity contribution >= 4 is 5.97 Å². The number of hydrogen-bond acceptors (Lipinski definition) is 4. The van der Waals surface area contributed by atoms with Gasteiger partial charge in [-0.3, -0.25) is 4.84 Å². The van der Waals surface area contributed by atoms with Crippen molar-refractivity contribution in [3.05, 3.63) is 0 Å². The zero-order valence-electron chi connectivity index (χ0n) is 15.4. The van der Waals surface area contributed by atoms with Gasteiger partial charge in [0.2, 0.25) is 0 Å². The fraction of sp³-hybridized carbons (Fsp3) is 0.944. The van der Waals surface area contributed by atoms with Crippen LogP contribution >= 0.6 is 0 Å². The van der Waals surface area contributed by atoms with E-state index in [2.05, 4.69) is 39.7 Å². The van der Waals surface area contributed by atoms with Crippen molar-refractivity contribution in [2.45, 2.75) is 104 Å². The van der Waals surface area contributed by atoms with Crippen LogP contribution in [0.2, 0.25) is 0 Å². The smallest absolute Gasteiger partial charge is 0.337 e. The molecule has 1 aliphatic heterocycles. The Balaban J connectivity index is 2.82. The first-order chi connectivity index (χ1) is 10.2. The van der Waals surface area contributed by atoms with Crippen LogP contribution in [-0.4, -0.2) is 34.8 Å². The number of nitrogens with zero attached hydrogens (tertiary/aromatic N) is 1. The number of esters is 1. The lowest BCUT2D eigenvalue weighted by Crippen LogP contribution is -2.60. The minimum Gasteiger partial charge on any atom is -0.464 e. The summed E-state index contributed by atoms with van der Waals surface area (Å²) < 4.78 is 5.22. The second kappa shape index (κ2) is 8.30. The Morgan fingerprint density at radius 2 is 1.68 bits per heavy atom. The zero-order chi connectivity index (χ0) is 16.8. The van der Waals surface area contributed by atoms with Gasteiger partial charge < -0.3 is 4.74 Å². The molecule has 4 nitrogen and oxygen atoms in total. The normalized spacial score (nSPS) is 22.3. The first-order valence-corrected chi connectivity index (χ1v) is 8.88. The Hall–Kier alpha value is -0.610. The number of carbonyl (C=O) groups is 1. The lowest BCUT2D eigenvalue weighted by Gasteiger charge is -2.52. The van der Waals surface area contributed by atoms with E-state index in [-0.39, 0.29) is 17.0 Å². The maximum Gasteiger partial charge on any atom is 0.337 e. The van der Waals surface area contributed by atoms with Crippen molar-refractivity contribution in [2.75, 3.05) is 6.61 Å². The van der Waals surface area contributed by atoms with Gasteiger partial charge in [-0.1, -0.05) is 26.2 Å². The van der Waals surface area contributed by atoms with Crippen molar-refractivity contribution < 1.29 is 14.4 Å². The minimum absolute atomic E-state index is 0.0583. The van der Waals surface area contributed by atoms with Crippen molar-refractivity contribution in [3.63, 3.8) is 0 Å². The molecule has 1 unspecified atom stereocenters. The molecule has 1 saturated heterocycles. The first kappa shape index (κ1) is 19.4. The molecule has 1 rings (SSSR count). The summed E-state index contributed by atoms with van der Waals surface area (Å²) in [6.45, 7) is 13.2. The van der Waals surface area contributed by atoms with Crippen LogP contribution in [0.25, 0.3) is 0 Å². The van der Waals surface area contributed by atoms with E-state index in [4.69, 9.17) is 9.57 Å². The van der Waals surface area contributed by atoms with Gasteiger partial charge >= 0.3 is 5.97 Å². The Morgan fingerprint density at radius 3 is 2.18 bits per heavy atom. The maximum absolute atomic E-state index is 12.3. The van der Waals surface area contributed by atoms with Gasteiger partial charge in [0, 0.05) is 11.1 Å². The fourth-order valence-electron chi connectivity index (χ4n) is 3.42. The average Bonchev–Trinajstić information content (AvgIpc) is 2.40. The molecule has 1 atom stereocenters. The molecule has 0 aromatic rings. The van der Waals surface area contributed by atoms with E-state index in [1.807, 2.05) is 6.92 Å².